The Morgan fingerprint density at radius 2 is 1.82 bits per heavy atom. The fraction of sp³-hybridized carbons (Fsp3) is 0.211. The number of piperazine rings is 1. The van der Waals surface area contributed by atoms with Gasteiger partial charge in [0, 0.05) is 43.3 Å². The van der Waals surface area contributed by atoms with Gasteiger partial charge in [-0.05, 0) is 30.3 Å². The van der Waals surface area contributed by atoms with Gasteiger partial charge in [0.2, 0.25) is 0 Å². The quantitative estimate of drug-likeness (QED) is 0.601. The number of halogens is 3. The molecule has 2 aromatic heterocycles. The van der Waals surface area contributed by atoms with Crippen LogP contribution in [0.3, 0.4) is 0 Å². The largest absolute Gasteiger partial charge is 0.352 e. The van der Waals surface area contributed by atoms with Crippen LogP contribution in [0.15, 0.2) is 41.9 Å². The van der Waals surface area contributed by atoms with Crippen molar-refractivity contribution in [2.45, 2.75) is 0 Å². The van der Waals surface area contributed by atoms with Crippen LogP contribution in [-0.2, 0) is 0 Å². The van der Waals surface area contributed by atoms with Crippen LogP contribution >= 0.6 is 34.5 Å². The third-order valence-corrected chi connectivity index (χ3v) is 5.85. The molecule has 3 aromatic rings. The molecular formula is C19H15Cl2FN4OS. The molecule has 1 amide bonds. The third-order valence-electron chi connectivity index (χ3n) is 4.47. The van der Waals surface area contributed by atoms with Crippen molar-refractivity contribution in [1.29, 1.82) is 0 Å². The molecule has 0 aliphatic carbocycles. The number of nitrogens with zero attached hydrogens (tertiary/aromatic N) is 4. The highest BCUT2D eigenvalue weighted by Gasteiger charge is 2.25. The number of benzene rings is 1. The minimum atomic E-state index is -0.301. The number of amides is 1. The zero-order valence-electron chi connectivity index (χ0n) is 14.6. The van der Waals surface area contributed by atoms with E-state index < -0.39 is 0 Å². The Hall–Kier alpha value is -2.22. The normalized spacial score (nSPS) is 14.4. The van der Waals surface area contributed by atoms with Gasteiger partial charge >= 0.3 is 0 Å². The first-order valence-electron chi connectivity index (χ1n) is 8.58. The number of hydrogen-bond acceptors (Lipinski definition) is 5. The van der Waals surface area contributed by atoms with Crippen molar-refractivity contribution in [1.82, 2.24) is 14.9 Å². The maximum atomic E-state index is 13.1. The van der Waals surface area contributed by atoms with E-state index in [1.807, 2.05) is 4.90 Å². The van der Waals surface area contributed by atoms with E-state index in [1.165, 1.54) is 23.5 Å². The van der Waals surface area contributed by atoms with Crippen molar-refractivity contribution in [3.05, 3.63) is 63.5 Å². The number of aromatic nitrogens is 2. The maximum absolute atomic E-state index is 13.1. The molecule has 28 heavy (non-hydrogen) atoms. The van der Waals surface area contributed by atoms with Crippen LogP contribution in [0.2, 0.25) is 10.0 Å². The molecular weight excluding hydrogens is 422 g/mol. The maximum Gasteiger partial charge on any atom is 0.273 e. The summed E-state index contributed by atoms with van der Waals surface area (Å²) in [6.07, 6.45) is 1.56. The van der Waals surface area contributed by atoms with Gasteiger partial charge in [0.25, 0.3) is 5.91 Å². The van der Waals surface area contributed by atoms with Gasteiger partial charge in [-0.25, -0.2) is 14.4 Å². The lowest BCUT2D eigenvalue weighted by atomic mass is 10.2. The highest BCUT2D eigenvalue weighted by atomic mass is 35.5. The highest BCUT2D eigenvalue weighted by Crippen LogP contribution is 2.28. The van der Waals surface area contributed by atoms with Gasteiger partial charge in [0.1, 0.15) is 22.3 Å². The van der Waals surface area contributed by atoms with Crippen molar-refractivity contribution >= 4 is 46.3 Å². The Balaban J connectivity index is 1.42. The second-order valence-corrected chi connectivity index (χ2v) is 7.98. The summed E-state index contributed by atoms with van der Waals surface area (Å²) < 4.78 is 13.1. The van der Waals surface area contributed by atoms with Crippen LogP contribution in [-0.4, -0.2) is 47.0 Å². The molecule has 1 aliphatic rings. The third kappa shape index (κ3) is 3.97. The molecule has 0 atom stereocenters. The molecule has 0 saturated carbocycles. The summed E-state index contributed by atoms with van der Waals surface area (Å²) in [4.78, 5) is 25.3. The summed E-state index contributed by atoms with van der Waals surface area (Å²) in [6.45, 7) is 2.33. The lowest BCUT2D eigenvalue weighted by Gasteiger charge is -2.35. The Morgan fingerprint density at radius 3 is 2.50 bits per heavy atom. The summed E-state index contributed by atoms with van der Waals surface area (Å²) in [5.41, 5.74) is 1.19. The van der Waals surface area contributed by atoms with Crippen molar-refractivity contribution in [3.8, 4) is 10.6 Å². The molecule has 1 saturated heterocycles. The Labute approximate surface area is 175 Å². The van der Waals surface area contributed by atoms with Gasteiger partial charge in [-0.2, -0.15) is 0 Å². The van der Waals surface area contributed by atoms with Gasteiger partial charge in [-0.15, -0.1) is 11.3 Å². The Bertz CT molecular complexity index is 1000. The van der Waals surface area contributed by atoms with Gasteiger partial charge in [0.15, 0.2) is 0 Å². The van der Waals surface area contributed by atoms with Crippen LogP contribution < -0.4 is 4.90 Å². The van der Waals surface area contributed by atoms with E-state index in [9.17, 15) is 9.18 Å². The summed E-state index contributed by atoms with van der Waals surface area (Å²) in [5.74, 6) is 0.259. The standard InChI is InChI=1S/C19H15Cl2FN4OS/c20-13-9-15(21)17(23-10-13)25-5-7-26(8-6-25)19(27)16-11-28-18(24-16)12-1-3-14(22)4-2-12/h1-4,9-11H,5-8H2. The fourth-order valence-electron chi connectivity index (χ4n) is 3.02. The molecule has 5 nitrogen and oxygen atoms in total. The first-order chi connectivity index (χ1) is 13.5. The van der Waals surface area contributed by atoms with Gasteiger partial charge in [-0.1, -0.05) is 23.2 Å². The lowest BCUT2D eigenvalue weighted by molar-refractivity contribution is 0.0741. The van der Waals surface area contributed by atoms with E-state index in [4.69, 9.17) is 23.2 Å². The van der Waals surface area contributed by atoms with E-state index in [-0.39, 0.29) is 11.7 Å². The molecule has 9 heteroatoms. The number of thiazole rings is 1. The molecule has 144 valence electrons. The lowest BCUT2D eigenvalue weighted by Crippen LogP contribution is -2.49. The second kappa shape index (κ2) is 8.03. The van der Waals surface area contributed by atoms with Crippen molar-refractivity contribution in [2.24, 2.45) is 0 Å². The summed E-state index contributed by atoms with van der Waals surface area (Å²) in [5, 5.41) is 3.42. The number of carbonyl (C=O) groups excluding carboxylic acids is 1. The number of rotatable bonds is 3. The molecule has 1 fully saturated rings. The van der Waals surface area contributed by atoms with Crippen LogP contribution in [0.5, 0.6) is 0 Å². The van der Waals surface area contributed by atoms with E-state index in [2.05, 4.69) is 9.97 Å². The van der Waals surface area contributed by atoms with Crippen LogP contribution in [0, 0.1) is 5.82 Å². The number of carbonyl (C=O) groups is 1. The van der Waals surface area contributed by atoms with Crippen molar-refractivity contribution < 1.29 is 9.18 Å². The van der Waals surface area contributed by atoms with E-state index in [1.54, 1.807) is 34.7 Å². The molecule has 1 aliphatic heterocycles. The van der Waals surface area contributed by atoms with Gasteiger partial charge < -0.3 is 9.80 Å². The summed E-state index contributed by atoms with van der Waals surface area (Å²) in [7, 11) is 0. The minimum absolute atomic E-state index is 0.112. The summed E-state index contributed by atoms with van der Waals surface area (Å²) >= 11 is 13.5. The molecule has 0 radical (unpaired) electrons. The SMILES string of the molecule is O=C(c1csc(-c2ccc(F)cc2)n1)N1CCN(c2ncc(Cl)cc2Cl)CC1. The molecule has 3 heterocycles. The zero-order valence-corrected chi connectivity index (χ0v) is 16.9. The second-order valence-electron chi connectivity index (χ2n) is 6.28. The van der Waals surface area contributed by atoms with Gasteiger partial charge in [-0.3, -0.25) is 4.79 Å². The molecule has 0 spiro atoms. The first kappa shape index (κ1) is 19.1. The van der Waals surface area contributed by atoms with Crippen LogP contribution in [0.1, 0.15) is 10.5 Å². The summed E-state index contributed by atoms with van der Waals surface area (Å²) in [6, 6.07) is 7.74. The monoisotopic (exact) mass is 436 g/mol. The predicted octanol–water partition coefficient (Wildman–Crippen LogP) is 4.61. The Morgan fingerprint density at radius 1 is 1.11 bits per heavy atom. The van der Waals surface area contributed by atoms with Crippen molar-refractivity contribution in [3.63, 3.8) is 0 Å². The highest BCUT2D eigenvalue weighted by molar-refractivity contribution is 7.13. The van der Waals surface area contributed by atoms with Crippen LogP contribution in [0.4, 0.5) is 10.2 Å². The molecule has 0 N–H and O–H groups in total. The van der Waals surface area contributed by atoms with Crippen LogP contribution in [0.25, 0.3) is 10.6 Å². The molecule has 0 unspecified atom stereocenters. The fourth-order valence-corrected chi connectivity index (χ4v) is 4.32. The molecule has 4 rings (SSSR count). The Kier molecular flexibility index (Phi) is 5.48. The topological polar surface area (TPSA) is 49.3 Å². The minimum Gasteiger partial charge on any atom is -0.352 e. The average Bonchev–Trinajstić information content (AvgIpc) is 3.18. The van der Waals surface area contributed by atoms with E-state index >= 15 is 0 Å². The number of pyridine rings is 1. The van der Waals surface area contributed by atoms with E-state index in [0.29, 0.717) is 52.7 Å². The zero-order chi connectivity index (χ0) is 19.7. The molecule has 1 aromatic carbocycles. The smallest absolute Gasteiger partial charge is 0.273 e. The average molecular weight is 437 g/mol. The molecule has 0 bridgehead atoms. The number of anilines is 1. The van der Waals surface area contributed by atoms with Gasteiger partial charge in [0.05, 0.1) is 10.0 Å². The van der Waals surface area contributed by atoms with Crippen molar-refractivity contribution in [2.75, 3.05) is 31.1 Å². The predicted molar refractivity (Wildman–Crippen MR) is 110 cm³/mol. The first-order valence-corrected chi connectivity index (χ1v) is 10.2. The van der Waals surface area contributed by atoms with E-state index in [0.717, 1.165) is 5.56 Å². The number of hydrogen-bond donors (Lipinski definition) is 0.